The van der Waals surface area contributed by atoms with Crippen molar-refractivity contribution >= 4 is 16.7 Å². The second-order valence-corrected chi connectivity index (χ2v) is 3.93. The molecule has 0 unspecified atom stereocenters. The van der Waals surface area contributed by atoms with Crippen LogP contribution in [0.4, 0.5) is 0 Å². The molecule has 1 heterocycles. The minimum absolute atomic E-state index is 0.0290. The Morgan fingerprint density at radius 3 is 2.88 bits per heavy atom. The van der Waals surface area contributed by atoms with Gasteiger partial charge in [0.2, 0.25) is 5.91 Å². The number of rotatable bonds is 3. The molecule has 2 rings (SSSR count). The first-order valence-corrected chi connectivity index (χ1v) is 5.49. The van der Waals surface area contributed by atoms with Crippen LogP contribution in [0.1, 0.15) is 5.69 Å². The van der Waals surface area contributed by atoms with Crippen LogP contribution in [0.5, 0.6) is 0 Å². The fraction of sp³-hybridized carbons (Fsp3) is 0.231. The van der Waals surface area contributed by atoms with E-state index in [0.717, 1.165) is 16.5 Å². The number of aromatic nitrogens is 1. The van der Waals surface area contributed by atoms with Gasteiger partial charge in [-0.05, 0) is 11.5 Å². The molecule has 2 aromatic rings. The number of hydrogen-bond acceptors (Lipinski definition) is 3. The summed E-state index contributed by atoms with van der Waals surface area (Å²) < 4.78 is 0. The molecule has 0 radical (unpaired) electrons. The summed E-state index contributed by atoms with van der Waals surface area (Å²) in [6.07, 6.45) is 1.76. The third-order valence-electron chi connectivity index (χ3n) is 2.74. The number of benzene rings is 1. The number of amides is 1. The third-order valence-corrected chi connectivity index (χ3v) is 2.74. The number of fused-ring (bicyclic) bond motifs is 1. The minimum Gasteiger partial charge on any atom is -0.339 e. The first-order valence-electron chi connectivity index (χ1n) is 5.49. The molecule has 0 atom stereocenters. The topological polar surface area (TPSA) is 59.2 Å². The van der Waals surface area contributed by atoms with Gasteiger partial charge in [-0.25, -0.2) is 0 Å². The first kappa shape index (κ1) is 11.5. The van der Waals surface area contributed by atoms with E-state index >= 15 is 0 Å². The first-order chi connectivity index (χ1) is 8.22. The molecule has 1 aromatic carbocycles. The maximum absolute atomic E-state index is 11.4. The lowest BCUT2D eigenvalue weighted by atomic mass is 10.1. The molecule has 88 valence electrons. The van der Waals surface area contributed by atoms with Gasteiger partial charge >= 0.3 is 0 Å². The van der Waals surface area contributed by atoms with Crippen molar-refractivity contribution < 1.29 is 4.79 Å². The number of nitrogens with two attached hydrogens (primary N) is 1. The lowest BCUT2D eigenvalue weighted by Crippen LogP contribution is -2.32. The van der Waals surface area contributed by atoms with Crippen molar-refractivity contribution in [3.8, 4) is 0 Å². The van der Waals surface area contributed by atoms with Gasteiger partial charge in [-0.15, -0.1) is 0 Å². The number of carbonyl (C=O) groups excluding carboxylic acids is 1. The molecule has 0 spiro atoms. The maximum Gasteiger partial charge on any atom is 0.236 e. The Bertz CT molecular complexity index is 534. The van der Waals surface area contributed by atoms with Crippen LogP contribution in [0.2, 0.25) is 0 Å². The van der Waals surface area contributed by atoms with E-state index in [1.165, 1.54) is 0 Å². The second-order valence-electron chi connectivity index (χ2n) is 3.93. The second kappa shape index (κ2) is 4.93. The van der Waals surface area contributed by atoms with Gasteiger partial charge in [-0.2, -0.15) is 0 Å². The molecular formula is C13H15N3O. The quantitative estimate of drug-likeness (QED) is 0.859. The summed E-state index contributed by atoms with van der Waals surface area (Å²) >= 11 is 0. The summed E-state index contributed by atoms with van der Waals surface area (Å²) in [5, 5.41) is 2.21. The molecular weight excluding hydrogens is 214 g/mol. The van der Waals surface area contributed by atoms with E-state index in [2.05, 4.69) is 4.98 Å². The number of pyridine rings is 1. The van der Waals surface area contributed by atoms with E-state index in [0.29, 0.717) is 6.54 Å². The molecule has 0 saturated carbocycles. The van der Waals surface area contributed by atoms with Gasteiger partial charge in [0.05, 0.1) is 18.8 Å². The Labute approximate surface area is 100 Å². The highest BCUT2D eigenvalue weighted by molar-refractivity contribution is 5.85. The van der Waals surface area contributed by atoms with Crippen LogP contribution < -0.4 is 5.73 Å². The summed E-state index contributed by atoms with van der Waals surface area (Å²) in [6, 6.07) is 9.96. The Kier molecular flexibility index (Phi) is 3.35. The van der Waals surface area contributed by atoms with Crippen LogP contribution >= 0.6 is 0 Å². The van der Waals surface area contributed by atoms with E-state index in [-0.39, 0.29) is 12.5 Å². The van der Waals surface area contributed by atoms with Crippen LogP contribution in [-0.2, 0) is 11.3 Å². The highest BCUT2D eigenvalue weighted by atomic mass is 16.2. The van der Waals surface area contributed by atoms with Crippen molar-refractivity contribution in [2.45, 2.75) is 6.54 Å². The van der Waals surface area contributed by atoms with Gasteiger partial charge in [0.1, 0.15) is 0 Å². The van der Waals surface area contributed by atoms with Crippen LogP contribution in [-0.4, -0.2) is 29.4 Å². The summed E-state index contributed by atoms with van der Waals surface area (Å²) in [5.41, 5.74) is 6.22. The van der Waals surface area contributed by atoms with E-state index in [9.17, 15) is 4.79 Å². The Balaban J connectivity index is 2.33. The molecule has 1 amide bonds. The van der Waals surface area contributed by atoms with E-state index in [4.69, 9.17) is 5.73 Å². The van der Waals surface area contributed by atoms with Gasteiger partial charge in [0.25, 0.3) is 0 Å². The van der Waals surface area contributed by atoms with Crippen LogP contribution in [0, 0.1) is 0 Å². The maximum atomic E-state index is 11.4. The zero-order chi connectivity index (χ0) is 12.3. The SMILES string of the molecule is CN(Cc1nccc2ccccc12)C(=O)CN. The van der Waals surface area contributed by atoms with Crippen molar-refractivity contribution in [1.82, 2.24) is 9.88 Å². The van der Waals surface area contributed by atoms with Crippen LogP contribution in [0.25, 0.3) is 10.8 Å². The molecule has 0 aliphatic heterocycles. The fourth-order valence-electron chi connectivity index (χ4n) is 1.78. The molecule has 0 aliphatic carbocycles. The van der Waals surface area contributed by atoms with E-state index in [1.807, 2.05) is 30.3 Å². The summed E-state index contributed by atoms with van der Waals surface area (Å²) in [7, 11) is 1.73. The fourth-order valence-corrected chi connectivity index (χ4v) is 1.78. The minimum atomic E-state index is -0.0836. The van der Waals surface area contributed by atoms with Crippen LogP contribution in [0.3, 0.4) is 0 Å². The standard InChI is InChI=1S/C13H15N3O/c1-16(13(17)8-14)9-12-11-5-3-2-4-10(11)6-7-15-12/h2-7H,8-9,14H2,1H3. The Hall–Kier alpha value is -1.94. The smallest absolute Gasteiger partial charge is 0.236 e. The summed E-state index contributed by atoms with van der Waals surface area (Å²) in [5.74, 6) is -0.0836. The van der Waals surface area contributed by atoms with Crippen molar-refractivity contribution in [3.05, 3.63) is 42.2 Å². The molecule has 17 heavy (non-hydrogen) atoms. The van der Waals surface area contributed by atoms with Crippen molar-refractivity contribution in [2.24, 2.45) is 5.73 Å². The molecule has 2 N–H and O–H groups in total. The van der Waals surface area contributed by atoms with Gasteiger partial charge in [-0.1, -0.05) is 24.3 Å². The number of nitrogens with zero attached hydrogens (tertiary/aromatic N) is 2. The Morgan fingerprint density at radius 1 is 1.35 bits per heavy atom. The summed E-state index contributed by atoms with van der Waals surface area (Å²) in [4.78, 5) is 17.3. The van der Waals surface area contributed by atoms with Gasteiger partial charge in [0, 0.05) is 18.6 Å². The number of carbonyl (C=O) groups is 1. The lowest BCUT2D eigenvalue weighted by molar-refractivity contribution is -0.128. The number of hydrogen-bond donors (Lipinski definition) is 1. The monoisotopic (exact) mass is 229 g/mol. The predicted molar refractivity (Wildman–Crippen MR) is 67.3 cm³/mol. The molecule has 0 fully saturated rings. The van der Waals surface area contributed by atoms with Crippen molar-refractivity contribution in [3.63, 3.8) is 0 Å². The molecule has 0 bridgehead atoms. The molecule has 1 aromatic heterocycles. The van der Waals surface area contributed by atoms with Crippen molar-refractivity contribution in [2.75, 3.05) is 13.6 Å². The Morgan fingerprint density at radius 2 is 2.12 bits per heavy atom. The average molecular weight is 229 g/mol. The highest BCUT2D eigenvalue weighted by Crippen LogP contribution is 2.17. The zero-order valence-electron chi connectivity index (χ0n) is 9.76. The molecule has 4 nitrogen and oxygen atoms in total. The van der Waals surface area contributed by atoms with Crippen LogP contribution in [0.15, 0.2) is 36.5 Å². The lowest BCUT2D eigenvalue weighted by Gasteiger charge is -2.16. The highest BCUT2D eigenvalue weighted by Gasteiger charge is 2.09. The average Bonchev–Trinajstić information content (AvgIpc) is 2.38. The van der Waals surface area contributed by atoms with Gasteiger partial charge in [0.15, 0.2) is 0 Å². The third kappa shape index (κ3) is 2.42. The zero-order valence-corrected chi connectivity index (χ0v) is 9.76. The predicted octanol–water partition coefficient (Wildman–Crippen LogP) is 1.15. The number of likely N-dealkylation sites (N-methyl/N-ethyl adjacent to an activating group) is 1. The van der Waals surface area contributed by atoms with E-state index < -0.39 is 0 Å². The molecule has 4 heteroatoms. The molecule has 0 aliphatic rings. The summed E-state index contributed by atoms with van der Waals surface area (Å²) in [6.45, 7) is 0.513. The normalized spacial score (nSPS) is 10.5. The van der Waals surface area contributed by atoms with E-state index in [1.54, 1.807) is 18.1 Å². The molecule has 0 saturated heterocycles. The van der Waals surface area contributed by atoms with Gasteiger partial charge < -0.3 is 10.6 Å². The van der Waals surface area contributed by atoms with Crippen molar-refractivity contribution in [1.29, 1.82) is 0 Å². The van der Waals surface area contributed by atoms with Gasteiger partial charge in [-0.3, -0.25) is 9.78 Å². The largest absolute Gasteiger partial charge is 0.339 e.